The highest BCUT2D eigenvalue weighted by molar-refractivity contribution is 6.32. The normalized spacial score (nSPS) is 13.7. The van der Waals surface area contributed by atoms with Crippen LogP contribution in [-0.2, 0) is 16.0 Å². The molecule has 7 heteroatoms. The average Bonchev–Trinajstić information content (AvgIpc) is 2.61. The van der Waals surface area contributed by atoms with Gasteiger partial charge in [-0.2, -0.15) is 0 Å². The summed E-state index contributed by atoms with van der Waals surface area (Å²) < 4.78 is 11.0. The molecule has 3 rings (SSSR count). The van der Waals surface area contributed by atoms with E-state index in [0.29, 0.717) is 35.3 Å². The first kappa shape index (κ1) is 19.0. The monoisotopic (exact) mass is 389 g/mol. The molecule has 142 valence electrons. The molecule has 0 aromatic heterocycles. The topological polar surface area (TPSA) is 84.9 Å². The van der Waals surface area contributed by atoms with Gasteiger partial charge in [-0.05, 0) is 35.7 Å². The van der Waals surface area contributed by atoms with E-state index in [9.17, 15) is 14.7 Å². The standard InChI is InChI=1S/C20H20ClNO5/c1-12-4-2-3-5-14(12)16(11-19(24)25)22-18(23)10-13-8-15(21)20-17(9-13)26-6-7-27-20/h2-5,8-9,16H,6-7,10-11H2,1H3,(H,22,23)(H,24,25). The van der Waals surface area contributed by atoms with E-state index in [2.05, 4.69) is 5.32 Å². The Kier molecular flexibility index (Phi) is 5.86. The van der Waals surface area contributed by atoms with Gasteiger partial charge in [-0.1, -0.05) is 35.9 Å². The summed E-state index contributed by atoms with van der Waals surface area (Å²) in [6.45, 7) is 2.74. The van der Waals surface area contributed by atoms with E-state index in [1.165, 1.54) is 0 Å². The third-order valence-corrected chi connectivity index (χ3v) is 4.58. The van der Waals surface area contributed by atoms with Crippen LogP contribution in [0, 0.1) is 6.92 Å². The number of ether oxygens (including phenoxy) is 2. The van der Waals surface area contributed by atoms with Gasteiger partial charge in [-0.3, -0.25) is 9.59 Å². The van der Waals surface area contributed by atoms with E-state index in [4.69, 9.17) is 21.1 Å². The Labute approximate surface area is 162 Å². The lowest BCUT2D eigenvalue weighted by Gasteiger charge is -2.21. The van der Waals surface area contributed by atoms with Crippen LogP contribution in [0.5, 0.6) is 11.5 Å². The number of nitrogens with one attached hydrogen (secondary N) is 1. The fraction of sp³-hybridized carbons (Fsp3) is 0.300. The molecule has 1 heterocycles. The van der Waals surface area contributed by atoms with Gasteiger partial charge in [0.15, 0.2) is 11.5 Å². The molecule has 1 atom stereocenters. The zero-order valence-corrected chi connectivity index (χ0v) is 15.6. The summed E-state index contributed by atoms with van der Waals surface area (Å²) in [5.74, 6) is -0.281. The third kappa shape index (κ3) is 4.71. The van der Waals surface area contributed by atoms with Crippen LogP contribution in [0.4, 0.5) is 0 Å². The van der Waals surface area contributed by atoms with E-state index in [1.807, 2.05) is 31.2 Å². The quantitative estimate of drug-likeness (QED) is 0.791. The summed E-state index contributed by atoms with van der Waals surface area (Å²) in [6.07, 6.45) is -0.142. The van der Waals surface area contributed by atoms with Gasteiger partial charge < -0.3 is 19.9 Å². The van der Waals surface area contributed by atoms with Crippen molar-refractivity contribution in [2.24, 2.45) is 0 Å². The van der Waals surface area contributed by atoms with Crippen LogP contribution in [0.25, 0.3) is 0 Å². The Morgan fingerprint density at radius 2 is 1.96 bits per heavy atom. The van der Waals surface area contributed by atoms with Crippen LogP contribution < -0.4 is 14.8 Å². The second kappa shape index (κ2) is 8.31. The van der Waals surface area contributed by atoms with Crippen LogP contribution in [0.1, 0.15) is 29.2 Å². The molecule has 27 heavy (non-hydrogen) atoms. The van der Waals surface area contributed by atoms with Crippen molar-refractivity contribution >= 4 is 23.5 Å². The summed E-state index contributed by atoms with van der Waals surface area (Å²) in [6, 6.07) is 10.2. The largest absolute Gasteiger partial charge is 0.486 e. The smallest absolute Gasteiger partial charge is 0.305 e. The molecule has 0 radical (unpaired) electrons. The number of aliphatic carboxylic acids is 1. The summed E-state index contributed by atoms with van der Waals surface area (Å²) in [7, 11) is 0. The molecule has 2 N–H and O–H groups in total. The third-order valence-electron chi connectivity index (χ3n) is 4.30. The molecule has 0 saturated heterocycles. The second-order valence-corrected chi connectivity index (χ2v) is 6.76. The van der Waals surface area contributed by atoms with Gasteiger partial charge in [0, 0.05) is 0 Å². The molecular weight excluding hydrogens is 370 g/mol. The fourth-order valence-corrected chi connectivity index (χ4v) is 3.38. The van der Waals surface area contributed by atoms with E-state index in [0.717, 1.165) is 11.1 Å². The number of amides is 1. The minimum atomic E-state index is -0.981. The maximum atomic E-state index is 12.5. The number of carbonyl (C=O) groups excluding carboxylic acids is 1. The number of halogens is 1. The zero-order chi connectivity index (χ0) is 19.4. The van der Waals surface area contributed by atoms with Crippen molar-refractivity contribution in [3.05, 3.63) is 58.1 Å². The molecular formula is C20H20ClNO5. The van der Waals surface area contributed by atoms with Gasteiger partial charge in [-0.15, -0.1) is 0 Å². The maximum Gasteiger partial charge on any atom is 0.305 e. The number of carbonyl (C=O) groups is 2. The minimum Gasteiger partial charge on any atom is -0.486 e. The summed E-state index contributed by atoms with van der Waals surface area (Å²) in [4.78, 5) is 23.8. The number of aryl methyl sites for hydroxylation is 1. The SMILES string of the molecule is Cc1ccccc1C(CC(=O)O)NC(=O)Cc1cc(Cl)c2c(c1)OCCO2. The molecule has 0 saturated carbocycles. The van der Waals surface area contributed by atoms with Gasteiger partial charge >= 0.3 is 5.97 Å². The van der Waals surface area contributed by atoms with Crippen LogP contribution in [-0.4, -0.2) is 30.2 Å². The molecule has 1 unspecified atom stereocenters. The highest BCUT2D eigenvalue weighted by atomic mass is 35.5. The van der Waals surface area contributed by atoms with Crippen molar-refractivity contribution < 1.29 is 24.2 Å². The Morgan fingerprint density at radius 1 is 1.22 bits per heavy atom. The lowest BCUT2D eigenvalue weighted by molar-refractivity contribution is -0.137. The van der Waals surface area contributed by atoms with Gasteiger partial charge in [-0.25, -0.2) is 0 Å². The predicted octanol–water partition coefficient (Wildman–Crippen LogP) is 3.29. The van der Waals surface area contributed by atoms with Crippen LogP contribution in [0.3, 0.4) is 0 Å². The van der Waals surface area contributed by atoms with Crippen molar-refractivity contribution in [1.82, 2.24) is 5.32 Å². The number of fused-ring (bicyclic) bond motifs is 1. The van der Waals surface area contributed by atoms with E-state index in [1.54, 1.807) is 12.1 Å². The summed E-state index contributed by atoms with van der Waals surface area (Å²) >= 11 is 6.21. The predicted molar refractivity (Wildman–Crippen MR) is 100 cm³/mol. The van der Waals surface area contributed by atoms with Crippen molar-refractivity contribution in [3.63, 3.8) is 0 Å². The highest BCUT2D eigenvalue weighted by Crippen LogP contribution is 2.38. The number of hydrogen-bond acceptors (Lipinski definition) is 4. The Hall–Kier alpha value is -2.73. The lowest BCUT2D eigenvalue weighted by Crippen LogP contribution is -2.31. The fourth-order valence-electron chi connectivity index (χ4n) is 3.09. The Bertz CT molecular complexity index is 867. The average molecular weight is 390 g/mol. The van der Waals surface area contributed by atoms with Crippen molar-refractivity contribution in [3.8, 4) is 11.5 Å². The maximum absolute atomic E-state index is 12.5. The molecule has 0 spiro atoms. The molecule has 2 aromatic carbocycles. The zero-order valence-electron chi connectivity index (χ0n) is 14.8. The number of benzene rings is 2. The van der Waals surface area contributed by atoms with Gasteiger partial charge in [0.2, 0.25) is 5.91 Å². The van der Waals surface area contributed by atoms with Gasteiger partial charge in [0.05, 0.1) is 23.9 Å². The molecule has 1 aliphatic rings. The second-order valence-electron chi connectivity index (χ2n) is 6.35. The first-order valence-corrected chi connectivity index (χ1v) is 8.96. The van der Waals surface area contributed by atoms with Crippen molar-refractivity contribution in [2.75, 3.05) is 13.2 Å². The number of carboxylic acid groups (broad SMARTS) is 1. The van der Waals surface area contributed by atoms with Gasteiger partial charge in [0.1, 0.15) is 13.2 Å². The van der Waals surface area contributed by atoms with Crippen LogP contribution in [0.15, 0.2) is 36.4 Å². The molecule has 6 nitrogen and oxygen atoms in total. The van der Waals surface area contributed by atoms with E-state index < -0.39 is 12.0 Å². The Morgan fingerprint density at radius 3 is 2.70 bits per heavy atom. The van der Waals surface area contributed by atoms with E-state index >= 15 is 0 Å². The molecule has 2 aromatic rings. The number of rotatable bonds is 6. The number of hydrogen-bond donors (Lipinski definition) is 2. The molecule has 0 fully saturated rings. The highest BCUT2D eigenvalue weighted by Gasteiger charge is 2.21. The molecule has 0 bridgehead atoms. The van der Waals surface area contributed by atoms with Gasteiger partial charge in [0.25, 0.3) is 0 Å². The van der Waals surface area contributed by atoms with Crippen LogP contribution >= 0.6 is 11.6 Å². The summed E-state index contributed by atoms with van der Waals surface area (Å²) in [5, 5.41) is 12.4. The van der Waals surface area contributed by atoms with Crippen molar-refractivity contribution in [2.45, 2.75) is 25.8 Å². The molecule has 1 aliphatic heterocycles. The Balaban J connectivity index is 1.76. The summed E-state index contributed by atoms with van der Waals surface area (Å²) in [5.41, 5.74) is 2.38. The first-order valence-electron chi connectivity index (χ1n) is 8.58. The molecule has 1 amide bonds. The first-order chi connectivity index (χ1) is 12.9. The molecule has 0 aliphatic carbocycles. The number of carboxylic acids is 1. The van der Waals surface area contributed by atoms with Crippen molar-refractivity contribution in [1.29, 1.82) is 0 Å². The van der Waals surface area contributed by atoms with E-state index in [-0.39, 0.29) is 18.7 Å². The van der Waals surface area contributed by atoms with Crippen LogP contribution in [0.2, 0.25) is 5.02 Å². The minimum absolute atomic E-state index is 0.0539. The lowest BCUT2D eigenvalue weighted by atomic mass is 9.98.